The average molecular weight is 298 g/mol. The van der Waals surface area contributed by atoms with Gasteiger partial charge in [-0.25, -0.2) is 0 Å². The van der Waals surface area contributed by atoms with Crippen molar-refractivity contribution in [2.45, 2.75) is 6.92 Å². The molecule has 0 fully saturated rings. The SMILES string of the molecule is CO/N=C/c1ccc(C(=O)Nc2cc(C)ccc2OC)cc1. The number of ether oxygens (including phenoxy) is 1. The normalized spacial score (nSPS) is 10.5. The van der Waals surface area contributed by atoms with Gasteiger partial charge >= 0.3 is 0 Å². The summed E-state index contributed by atoms with van der Waals surface area (Å²) in [6.45, 7) is 1.96. The van der Waals surface area contributed by atoms with Gasteiger partial charge in [-0.1, -0.05) is 23.4 Å². The molecule has 1 N–H and O–H groups in total. The van der Waals surface area contributed by atoms with Crippen LogP contribution in [0.25, 0.3) is 0 Å². The van der Waals surface area contributed by atoms with Crippen molar-refractivity contribution >= 4 is 17.8 Å². The Balaban J connectivity index is 2.15. The summed E-state index contributed by atoms with van der Waals surface area (Å²) in [5.41, 5.74) is 3.10. The van der Waals surface area contributed by atoms with Crippen molar-refractivity contribution in [2.75, 3.05) is 19.5 Å². The van der Waals surface area contributed by atoms with Crippen molar-refractivity contribution in [1.29, 1.82) is 0 Å². The third-order valence-corrected chi connectivity index (χ3v) is 3.08. The molecule has 0 radical (unpaired) electrons. The maximum absolute atomic E-state index is 12.3. The van der Waals surface area contributed by atoms with Gasteiger partial charge in [-0.2, -0.15) is 0 Å². The zero-order chi connectivity index (χ0) is 15.9. The van der Waals surface area contributed by atoms with Crippen molar-refractivity contribution in [2.24, 2.45) is 5.16 Å². The van der Waals surface area contributed by atoms with Crippen LogP contribution in [-0.2, 0) is 4.84 Å². The molecule has 0 heterocycles. The van der Waals surface area contributed by atoms with Gasteiger partial charge < -0.3 is 14.9 Å². The fraction of sp³-hybridized carbons (Fsp3) is 0.176. The van der Waals surface area contributed by atoms with E-state index in [0.717, 1.165) is 11.1 Å². The maximum Gasteiger partial charge on any atom is 0.255 e. The van der Waals surface area contributed by atoms with Crippen LogP contribution in [0.2, 0.25) is 0 Å². The molecule has 5 heteroatoms. The first-order valence-corrected chi connectivity index (χ1v) is 6.76. The Labute approximate surface area is 129 Å². The van der Waals surface area contributed by atoms with Crippen LogP contribution in [0.3, 0.4) is 0 Å². The lowest BCUT2D eigenvalue weighted by atomic mass is 10.1. The standard InChI is InChI=1S/C17H18N2O3/c1-12-4-9-16(21-2)15(10-12)19-17(20)14-7-5-13(6-8-14)11-18-22-3/h4-11H,1-3H3,(H,19,20)/b18-11+. The highest BCUT2D eigenvalue weighted by molar-refractivity contribution is 6.05. The Hall–Kier alpha value is -2.82. The van der Waals surface area contributed by atoms with Crippen molar-refractivity contribution in [3.8, 4) is 5.75 Å². The molecule has 0 unspecified atom stereocenters. The number of anilines is 1. The number of methoxy groups -OCH3 is 1. The highest BCUT2D eigenvalue weighted by atomic mass is 16.6. The molecule has 0 atom stereocenters. The van der Waals surface area contributed by atoms with E-state index in [2.05, 4.69) is 15.3 Å². The smallest absolute Gasteiger partial charge is 0.255 e. The largest absolute Gasteiger partial charge is 0.495 e. The van der Waals surface area contributed by atoms with Crippen molar-refractivity contribution in [3.63, 3.8) is 0 Å². The lowest BCUT2D eigenvalue weighted by molar-refractivity contribution is 0.102. The Morgan fingerprint density at radius 2 is 1.86 bits per heavy atom. The minimum Gasteiger partial charge on any atom is -0.495 e. The van der Waals surface area contributed by atoms with Crippen molar-refractivity contribution in [3.05, 3.63) is 59.2 Å². The number of carbonyl (C=O) groups excluding carboxylic acids is 1. The number of aryl methyl sites for hydroxylation is 1. The second-order valence-electron chi connectivity index (χ2n) is 4.70. The molecule has 0 aromatic heterocycles. The number of rotatable bonds is 5. The quantitative estimate of drug-likeness (QED) is 0.681. The van der Waals surface area contributed by atoms with E-state index in [1.54, 1.807) is 37.6 Å². The third kappa shape index (κ3) is 3.85. The zero-order valence-corrected chi connectivity index (χ0v) is 12.8. The highest BCUT2D eigenvalue weighted by Gasteiger charge is 2.09. The van der Waals surface area contributed by atoms with E-state index in [1.165, 1.54) is 7.11 Å². The summed E-state index contributed by atoms with van der Waals surface area (Å²) in [5.74, 6) is 0.432. The molecule has 2 aromatic carbocycles. The number of oxime groups is 1. The van der Waals surface area contributed by atoms with Crippen LogP contribution in [0, 0.1) is 6.92 Å². The summed E-state index contributed by atoms with van der Waals surface area (Å²) in [5, 5.41) is 6.53. The summed E-state index contributed by atoms with van der Waals surface area (Å²) in [7, 11) is 3.05. The molecule has 22 heavy (non-hydrogen) atoms. The van der Waals surface area contributed by atoms with Crippen LogP contribution < -0.4 is 10.1 Å². The number of nitrogens with zero attached hydrogens (tertiary/aromatic N) is 1. The summed E-state index contributed by atoms with van der Waals surface area (Å²) in [6.07, 6.45) is 1.57. The lowest BCUT2D eigenvalue weighted by Gasteiger charge is -2.11. The summed E-state index contributed by atoms with van der Waals surface area (Å²) in [4.78, 5) is 16.9. The monoisotopic (exact) mass is 298 g/mol. The summed E-state index contributed by atoms with van der Waals surface area (Å²) < 4.78 is 5.25. The van der Waals surface area contributed by atoms with Crippen LogP contribution in [0.1, 0.15) is 21.5 Å². The van der Waals surface area contributed by atoms with E-state index in [0.29, 0.717) is 17.0 Å². The Morgan fingerprint density at radius 3 is 2.50 bits per heavy atom. The Morgan fingerprint density at radius 1 is 1.14 bits per heavy atom. The molecule has 0 saturated heterocycles. The van der Waals surface area contributed by atoms with Gasteiger partial charge in [-0.3, -0.25) is 4.79 Å². The number of carbonyl (C=O) groups is 1. The van der Waals surface area contributed by atoms with E-state index in [9.17, 15) is 4.79 Å². The van der Waals surface area contributed by atoms with Gasteiger partial charge in [0.15, 0.2) is 0 Å². The number of hydrogen-bond donors (Lipinski definition) is 1. The second-order valence-corrected chi connectivity index (χ2v) is 4.70. The molecule has 2 aromatic rings. The van der Waals surface area contributed by atoms with Gasteiger partial charge in [0.25, 0.3) is 5.91 Å². The number of nitrogens with one attached hydrogen (secondary N) is 1. The van der Waals surface area contributed by atoms with Crippen LogP contribution in [0.4, 0.5) is 5.69 Å². The van der Waals surface area contributed by atoms with Gasteiger partial charge in [0.2, 0.25) is 0 Å². The third-order valence-electron chi connectivity index (χ3n) is 3.08. The second kappa shape index (κ2) is 7.26. The van der Waals surface area contributed by atoms with Crippen molar-refractivity contribution in [1.82, 2.24) is 0 Å². The molecule has 0 bridgehead atoms. The minimum atomic E-state index is -0.195. The zero-order valence-electron chi connectivity index (χ0n) is 12.8. The molecular weight excluding hydrogens is 280 g/mol. The highest BCUT2D eigenvalue weighted by Crippen LogP contribution is 2.25. The molecule has 0 aliphatic rings. The van der Waals surface area contributed by atoms with Gasteiger partial charge in [0.1, 0.15) is 12.9 Å². The van der Waals surface area contributed by atoms with E-state index in [1.807, 2.05) is 25.1 Å². The van der Waals surface area contributed by atoms with Gasteiger partial charge in [-0.15, -0.1) is 0 Å². The number of amides is 1. The number of hydrogen-bond acceptors (Lipinski definition) is 4. The first kappa shape index (κ1) is 15.6. The summed E-state index contributed by atoms with van der Waals surface area (Å²) >= 11 is 0. The first-order chi connectivity index (χ1) is 10.6. The molecular formula is C17H18N2O3. The predicted octanol–water partition coefficient (Wildman–Crippen LogP) is 3.24. The van der Waals surface area contributed by atoms with E-state index < -0.39 is 0 Å². The fourth-order valence-corrected chi connectivity index (χ4v) is 1.95. The lowest BCUT2D eigenvalue weighted by Crippen LogP contribution is -2.12. The molecule has 0 aliphatic heterocycles. The van der Waals surface area contributed by atoms with E-state index in [-0.39, 0.29) is 5.91 Å². The maximum atomic E-state index is 12.3. The summed E-state index contributed by atoms with van der Waals surface area (Å²) in [6, 6.07) is 12.7. The van der Waals surface area contributed by atoms with Crippen LogP contribution in [0.15, 0.2) is 47.6 Å². The van der Waals surface area contributed by atoms with Gasteiger partial charge in [0, 0.05) is 5.56 Å². The minimum absolute atomic E-state index is 0.195. The first-order valence-electron chi connectivity index (χ1n) is 6.76. The van der Waals surface area contributed by atoms with E-state index >= 15 is 0 Å². The molecule has 2 rings (SSSR count). The predicted molar refractivity (Wildman–Crippen MR) is 86.7 cm³/mol. The molecule has 114 valence electrons. The van der Waals surface area contributed by atoms with Gasteiger partial charge in [0.05, 0.1) is 19.0 Å². The molecule has 0 aliphatic carbocycles. The molecule has 1 amide bonds. The topological polar surface area (TPSA) is 59.9 Å². The van der Waals surface area contributed by atoms with Crippen LogP contribution in [0.5, 0.6) is 5.75 Å². The Kier molecular flexibility index (Phi) is 5.14. The van der Waals surface area contributed by atoms with Gasteiger partial charge in [-0.05, 0) is 42.3 Å². The van der Waals surface area contributed by atoms with Crippen LogP contribution >= 0.6 is 0 Å². The number of benzene rings is 2. The molecule has 5 nitrogen and oxygen atoms in total. The van der Waals surface area contributed by atoms with E-state index in [4.69, 9.17) is 4.74 Å². The molecule has 0 saturated carbocycles. The fourth-order valence-electron chi connectivity index (χ4n) is 1.95. The Bertz CT molecular complexity index is 679. The van der Waals surface area contributed by atoms with Crippen molar-refractivity contribution < 1.29 is 14.4 Å². The molecule has 0 spiro atoms. The van der Waals surface area contributed by atoms with Crippen LogP contribution in [-0.4, -0.2) is 26.3 Å². The average Bonchev–Trinajstić information content (AvgIpc) is 2.53.